The van der Waals surface area contributed by atoms with Crippen molar-refractivity contribution in [2.75, 3.05) is 34.4 Å². The Morgan fingerprint density at radius 1 is 1.00 bits per heavy atom. The molecule has 5 heteroatoms. The zero-order valence-corrected chi connectivity index (χ0v) is 18.9. The van der Waals surface area contributed by atoms with E-state index in [-0.39, 0.29) is 12.4 Å². The Hall–Kier alpha value is -2.19. The van der Waals surface area contributed by atoms with Gasteiger partial charge in [0.25, 0.3) is 0 Å². The molecule has 0 aromatic heterocycles. The van der Waals surface area contributed by atoms with E-state index in [1.807, 2.05) is 18.2 Å². The summed E-state index contributed by atoms with van der Waals surface area (Å²) in [6.45, 7) is 1.60. The fourth-order valence-electron chi connectivity index (χ4n) is 3.74. The number of halogens is 1. The highest BCUT2D eigenvalue weighted by Gasteiger charge is 2.28. The number of likely N-dealkylation sites (N-methyl/N-ethyl adjacent to an activating group) is 1. The van der Waals surface area contributed by atoms with Crippen molar-refractivity contribution in [1.82, 2.24) is 4.90 Å². The van der Waals surface area contributed by atoms with Gasteiger partial charge in [0.15, 0.2) is 11.5 Å². The summed E-state index contributed by atoms with van der Waals surface area (Å²) in [5.74, 6) is 7.85. The van der Waals surface area contributed by atoms with Gasteiger partial charge in [-0.25, -0.2) is 0 Å². The van der Waals surface area contributed by atoms with Gasteiger partial charge in [0.1, 0.15) is 5.60 Å². The zero-order chi connectivity index (χ0) is 20.7. The first-order valence-electron chi connectivity index (χ1n) is 10.2. The average Bonchev–Trinajstić information content (AvgIpc) is 2.91. The SMILES string of the molecule is COc1cc2c(cc1OC)CCC(O)(C#CCN(C)CCc1ccccc1)CC2.Cl. The van der Waals surface area contributed by atoms with Crippen LogP contribution in [0.15, 0.2) is 42.5 Å². The van der Waals surface area contributed by atoms with Crippen LogP contribution in [0.25, 0.3) is 0 Å². The summed E-state index contributed by atoms with van der Waals surface area (Å²) >= 11 is 0. The maximum atomic E-state index is 11.0. The number of nitrogens with zero attached hydrogens (tertiary/aromatic N) is 1. The standard InChI is InChI=1S/C25H31NO3.ClH/c1-26(17-12-20-8-5-4-6-9-20)16-7-13-25(27)14-10-21-18-23(28-2)24(29-3)19-22(21)11-15-25;/h4-6,8-9,18-19,27H,10-12,14-17H2,1-3H3;1H. The molecule has 0 amide bonds. The molecule has 0 fully saturated rings. The molecule has 0 saturated heterocycles. The highest BCUT2D eigenvalue weighted by Crippen LogP contribution is 2.35. The van der Waals surface area contributed by atoms with E-state index < -0.39 is 5.60 Å². The molecule has 1 aliphatic carbocycles. The highest BCUT2D eigenvalue weighted by molar-refractivity contribution is 5.85. The topological polar surface area (TPSA) is 41.9 Å². The van der Waals surface area contributed by atoms with Gasteiger partial charge in [-0.05, 0) is 68.0 Å². The van der Waals surface area contributed by atoms with Crippen LogP contribution < -0.4 is 9.47 Å². The zero-order valence-electron chi connectivity index (χ0n) is 18.1. The number of hydrogen-bond acceptors (Lipinski definition) is 4. The van der Waals surface area contributed by atoms with Gasteiger partial charge in [-0.15, -0.1) is 12.4 Å². The summed E-state index contributed by atoms with van der Waals surface area (Å²) in [6, 6.07) is 14.5. The molecular weight excluding hydrogens is 398 g/mol. The van der Waals surface area contributed by atoms with Gasteiger partial charge in [0, 0.05) is 6.54 Å². The molecule has 2 aromatic rings. The van der Waals surface area contributed by atoms with Crippen molar-refractivity contribution in [2.45, 2.75) is 37.7 Å². The van der Waals surface area contributed by atoms with Crippen molar-refractivity contribution in [3.63, 3.8) is 0 Å². The second-order valence-electron chi connectivity index (χ2n) is 7.78. The van der Waals surface area contributed by atoms with E-state index >= 15 is 0 Å². The van der Waals surface area contributed by atoms with Crippen LogP contribution in [0.4, 0.5) is 0 Å². The van der Waals surface area contributed by atoms with Crippen LogP contribution in [0.2, 0.25) is 0 Å². The van der Waals surface area contributed by atoms with Crippen LogP contribution in [0.1, 0.15) is 29.5 Å². The van der Waals surface area contributed by atoms with Crippen LogP contribution in [0.5, 0.6) is 11.5 Å². The van der Waals surface area contributed by atoms with Crippen LogP contribution in [-0.2, 0) is 19.3 Å². The lowest BCUT2D eigenvalue weighted by Crippen LogP contribution is -2.28. The molecule has 0 radical (unpaired) electrons. The molecule has 1 aliphatic rings. The van der Waals surface area contributed by atoms with Crippen LogP contribution in [0.3, 0.4) is 0 Å². The third-order valence-corrected chi connectivity index (χ3v) is 5.62. The predicted molar refractivity (Wildman–Crippen MR) is 124 cm³/mol. The summed E-state index contributed by atoms with van der Waals surface area (Å²) in [5, 5.41) is 11.0. The number of aliphatic hydroxyl groups is 1. The number of fused-ring (bicyclic) bond motifs is 1. The maximum absolute atomic E-state index is 11.0. The lowest BCUT2D eigenvalue weighted by atomic mass is 9.94. The number of hydrogen-bond donors (Lipinski definition) is 1. The fourth-order valence-corrected chi connectivity index (χ4v) is 3.74. The average molecular weight is 430 g/mol. The summed E-state index contributed by atoms with van der Waals surface area (Å²) in [6.07, 6.45) is 3.84. The number of aryl methyl sites for hydroxylation is 2. The molecule has 0 unspecified atom stereocenters. The summed E-state index contributed by atoms with van der Waals surface area (Å²) in [7, 11) is 5.37. The molecule has 1 N–H and O–H groups in total. The van der Waals surface area contributed by atoms with Gasteiger partial charge in [-0.3, -0.25) is 4.90 Å². The van der Waals surface area contributed by atoms with Gasteiger partial charge < -0.3 is 14.6 Å². The molecule has 0 heterocycles. The lowest BCUT2D eigenvalue weighted by Gasteiger charge is -2.20. The van der Waals surface area contributed by atoms with Crippen LogP contribution in [-0.4, -0.2) is 50.0 Å². The first-order chi connectivity index (χ1) is 14.0. The molecule has 162 valence electrons. The van der Waals surface area contributed by atoms with Crippen LogP contribution >= 0.6 is 12.4 Å². The predicted octanol–water partition coefficient (Wildman–Crippen LogP) is 3.91. The van der Waals surface area contributed by atoms with E-state index in [0.29, 0.717) is 19.4 Å². The van der Waals surface area contributed by atoms with Gasteiger partial charge in [0.05, 0.1) is 20.8 Å². The minimum Gasteiger partial charge on any atom is -0.493 e. The van der Waals surface area contributed by atoms with Crippen molar-refractivity contribution in [1.29, 1.82) is 0 Å². The van der Waals surface area contributed by atoms with Crippen molar-refractivity contribution in [3.8, 4) is 23.3 Å². The highest BCUT2D eigenvalue weighted by atomic mass is 35.5. The second-order valence-corrected chi connectivity index (χ2v) is 7.78. The normalized spacial score (nSPS) is 14.6. The third-order valence-electron chi connectivity index (χ3n) is 5.62. The van der Waals surface area contributed by atoms with Crippen LogP contribution in [0, 0.1) is 11.8 Å². The minimum atomic E-state index is -0.945. The molecule has 0 atom stereocenters. The Labute approximate surface area is 186 Å². The first kappa shape index (κ1) is 24.1. The Morgan fingerprint density at radius 3 is 2.10 bits per heavy atom. The molecule has 0 bridgehead atoms. The summed E-state index contributed by atoms with van der Waals surface area (Å²) in [4.78, 5) is 2.20. The minimum absolute atomic E-state index is 0. The number of methoxy groups -OCH3 is 2. The maximum Gasteiger partial charge on any atom is 0.161 e. The van der Waals surface area contributed by atoms with Crippen molar-refractivity contribution in [3.05, 3.63) is 59.2 Å². The number of rotatable bonds is 6. The smallest absolute Gasteiger partial charge is 0.161 e. The van der Waals surface area contributed by atoms with Crippen molar-refractivity contribution >= 4 is 12.4 Å². The van der Waals surface area contributed by atoms with Gasteiger partial charge >= 0.3 is 0 Å². The van der Waals surface area contributed by atoms with E-state index in [9.17, 15) is 5.11 Å². The molecule has 30 heavy (non-hydrogen) atoms. The molecular formula is C25H32ClNO3. The first-order valence-corrected chi connectivity index (χ1v) is 10.2. The molecule has 2 aromatic carbocycles. The molecule has 0 aliphatic heterocycles. The van der Waals surface area contributed by atoms with E-state index in [0.717, 1.165) is 37.3 Å². The lowest BCUT2D eigenvalue weighted by molar-refractivity contribution is 0.0856. The molecule has 3 rings (SSSR count). The van der Waals surface area contributed by atoms with E-state index in [2.05, 4.69) is 48.1 Å². The monoisotopic (exact) mass is 429 g/mol. The van der Waals surface area contributed by atoms with Gasteiger partial charge in [0.2, 0.25) is 0 Å². The molecule has 0 spiro atoms. The molecule has 0 saturated carbocycles. The third kappa shape index (κ3) is 6.40. The largest absolute Gasteiger partial charge is 0.493 e. The van der Waals surface area contributed by atoms with Gasteiger partial charge in [-0.2, -0.15) is 0 Å². The van der Waals surface area contributed by atoms with Gasteiger partial charge in [-0.1, -0.05) is 42.2 Å². The Bertz CT molecular complexity index is 838. The molecule has 4 nitrogen and oxygen atoms in total. The van der Waals surface area contributed by atoms with Crippen molar-refractivity contribution < 1.29 is 14.6 Å². The Kier molecular flexibility index (Phi) is 9.05. The van der Waals surface area contributed by atoms with E-state index in [1.165, 1.54) is 16.7 Å². The Morgan fingerprint density at radius 2 is 1.57 bits per heavy atom. The number of benzene rings is 2. The quantitative estimate of drug-likeness (QED) is 0.558. The van der Waals surface area contributed by atoms with E-state index in [1.54, 1.807) is 14.2 Å². The van der Waals surface area contributed by atoms with E-state index in [4.69, 9.17) is 9.47 Å². The second kappa shape index (κ2) is 11.3. The number of ether oxygens (including phenoxy) is 2. The van der Waals surface area contributed by atoms with Crippen molar-refractivity contribution in [2.24, 2.45) is 0 Å². The summed E-state index contributed by atoms with van der Waals surface area (Å²) in [5.41, 5.74) is 2.80. The Balaban J connectivity index is 0.00000320. The fraction of sp³-hybridized carbons (Fsp3) is 0.440. The summed E-state index contributed by atoms with van der Waals surface area (Å²) < 4.78 is 10.8.